The van der Waals surface area contributed by atoms with Gasteiger partial charge in [0, 0.05) is 5.92 Å². The fourth-order valence-electron chi connectivity index (χ4n) is 1.77. The number of rotatable bonds is 4. The van der Waals surface area contributed by atoms with Crippen molar-refractivity contribution in [3.05, 3.63) is 35.9 Å². The van der Waals surface area contributed by atoms with Crippen LogP contribution >= 0.6 is 0 Å². The standard InChI is InChI=1S/C14H20O3/c1-11(2)14-16-9-13(10-17-14)15-8-12-6-4-3-5-7-12/h3-7,11,13-14H,8-10H2,1-2H3. The van der Waals surface area contributed by atoms with Gasteiger partial charge in [-0.05, 0) is 5.56 Å². The van der Waals surface area contributed by atoms with Crippen molar-refractivity contribution in [2.75, 3.05) is 13.2 Å². The molecule has 2 rings (SSSR count). The molecule has 17 heavy (non-hydrogen) atoms. The average molecular weight is 236 g/mol. The van der Waals surface area contributed by atoms with Crippen LogP contribution in [0.5, 0.6) is 0 Å². The predicted molar refractivity (Wildman–Crippen MR) is 65.5 cm³/mol. The van der Waals surface area contributed by atoms with Gasteiger partial charge in [0.05, 0.1) is 19.8 Å². The Morgan fingerprint density at radius 1 is 1.18 bits per heavy atom. The molecule has 0 bridgehead atoms. The second-order valence-corrected chi connectivity index (χ2v) is 4.70. The molecule has 0 spiro atoms. The van der Waals surface area contributed by atoms with Gasteiger partial charge < -0.3 is 14.2 Å². The van der Waals surface area contributed by atoms with Gasteiger partial charge in [0.25, 0.3) is 0 Å². The average Bonchev–Trinajstić information content (AvgIpc) is 2.38. The molecule has 3 heteroatoms. The molecule has 0 aliphatic carbocycles. The van der Waals surface area contributed by atoms with Crippen molar-refractivity contribution in [3.63, 3.8) is 0 Å². The second-order valence-electron chi connectivity index (χ2n) is 4.70. The van der Waals surface area contributed by atoms with Crippen molar-refractivity contribution >= 4 is 0 Å². The maximum atomic E-state index is 5.75. The summed E-state index contributed by atoms with van der Waals surface area (Å²) in [6.07, 6.45) is -0.0308. The van der Waals surface area contributed by atoms with Gasteiger partial charge in [-0.1, -0.05) is 44.2 Å². The predicted octanol–water partition coefficient (Wildman–Crippen LogP) is 2.60. The molecule has 94 valence electrons. The fraction of sp³-hybridized carbons (Fsp3) is 0.571. The first-order chi connectivity index (χ1) is 8.25. The van der Waals surface area contributed by atoms with Crippen LogP contribution in [0.25, 0.3) is 0 Å². The normalized spacial score (nSPS) is 25.1. The summed E-state index contributed by atoms with van der Waals surface area (Å²) >= 11 is 0. The Balaban J connectivity index is 1.72. The molecule has 1 fully saturated rings. The first-order valence-corrected chi connectivity index (χ1v) is 6.14. The summed E-state index contributed by atoms with van der Waals surface area (Å²) in [5.41, 5.74) is 1.18. The summed E-state index contributed by atoms with van der Waals surface area (Å²) in [5.74, 6) is 0.394. The summed E-state index contributed by atoms with van der Waals surface area (Å²) < 4.78 is 16.9. The highest BCUT2D eigenvalue weighted by Gasteiger charge is 2.24. The van der Waals surface area contributed by atoms with E-state index in [1.165, 1.54) is 5.56 Å². The van der Waals surface area contributed by atoms with Gasteiger partial charge in [-0.25, -0.2) is 0 Å². The Morgan fingerprint density at radius 2 is 1.82 bits per heavy atom. The van der Waals surface area contributed by atoms with Crippen LogP contribution in [0.2, 0.25) is 0 Å². The van der Waals surface area contributed by atoms with E-state index in [0.29, 0.717) is 25.7 Å². The summed E-state index contributed by atoms with van der Waals surface area (Å²) in [6.45, 7) is 6.04. The van der Waals surface area contributed by atoms with Gasteiger partial charge in [0.1, 0.15) is 6.10 Å². The lowest BCUT2D eigenvalue weighted by Gasteiger charge is -2.31. The monoisotopic (exact) mass is 236 g/mol. The molecule has 0 atom stereocenters. The second kappa shape index (κ2) is 6.15. The molecule has 0 aromatic heterocycles. The van der Waals surface area contributed by atoms with Crippen molar-refractivity contribution in [3.8, 4) is 0 Å². The van der Waals surface area contributed by atoms with Gasteiger partial charge in [-0.2, -0.15) is 0 Å². The maximum Gasteiger partial charge on any atom is 0.160 e. The van der Waals surface area contributed by atoms with E-state index in [-0.39, 0.29) is 12.4 Å². The number of benzene rings is 1. The van der Waals surface area contributed by atoms with E-state index < -0.39 is 0 Å². The molecule has 0 N–H and O–H groups in total. The molecule has 1 aliphatic heterocycles. The molecule has 1 aliphatic rings. The van der Waals surface area contributed by atoms with Gasteiger partial charge in [-0.15, -0.1) is 0 Å². The van der Waals surface area contributed by atoms with E-state index in [2.05, 4.69) is 26.0 Å². The van der Waals surface area contributed by atoms with E-state index in [0.717, 1.165) is 0 Å². The molecule has 1 aromatic rings. The number of hydrogen-bond donors (Lipinski definition) is 0. The third kappa shape index (κ3) is 3.80. The van der Waals surface area contributed by atoms with Gasteiger partial charge >= 0.3 is 0 Å². The van der Waals surface area contributed by atoms with Crippen LogP contribution in [0.4, 0.5) is 0 Å². The highest BCUT2D eigenvalue weighted by Crippen LogP contribution is 2.16. The van der Waals surface area contributed by atoms with E-state index >= 15 is 0 Å². The van der Waals surface area contributed by atoms with Gasteiger partial charge in [-0.3, -0.25) is 0 Å². The van der Waals surface area contributed by atoms with Gasteiger partial charge in [0.15, 0.2) is 6.29 Å². The molecular weight excluding hydrogens is 216 g/mol. The molecule has 0 saturated carbocycles. The Labute approximate surface area is 103 Å². The first-order valence-electron chi connectivity index (χ1n) is 6.14. The van der Waals surface area contributed by atoms with Crippen molar-refractivity contribution in [1.29, 1.82) is 0 Å². The summed E-state index contributed by atoms with van der Waals surface area (Å²) in [6, 6.07) is 10.1. The zero-order valence-electron chi connectivity index (χ0n) is 10.5. The molecule has 1 heterocycles. The molecule has 1 saturated heterocycles. The minimum Gasteiger partial charge on any atom is -0.369 e. The summed E-state index contributed by atoms with van der Waals surface area (Å²) in [7, 11) is 0. The lowest BCUT2D eigenvalue weighted by atomic mass is 10.2. The van der Waals surface area contributed by atoms with Crippen LogP contribution in [0.3, 0.4) is 0 Å². The lowest BCUT2D eigenvalue weighted by Crippen LogP contribution is -2.39. The van der Waals surface area contributed by atoms with Crippen LogP contribution < -0.4 is 0 Å². The first kappa shape index (κ1) is 12.6. The van der Waals surface area contributed by atoms with E-state index in [1.54, 1.807) is 0 Å². The lowest BCUT2D eigenvalue weighted by molar-refractivity contribution is -0.243. The minimum absolute atomic E-state index is 0.0465. The van der Waals surface area contributed by atoms with Crippen molar-refractivity contribution in [2.24, 2.45) is 5.92 Å². The largest absolute Gasteiger partial charge is 0.369 e. The van der Waals surface area contributed by atoms with E-state index in [1.807, 2.05) is 18.2 Å². The molecule has 3 nitrogen and oxygen atoms in total. The smallest absolute Gasteiger partial charge is 0.160 e. The molecule has 0 radical (unpaired) electrons. The highest BCUT2D eigenvalue weighted by atomic mass is 16.7. The van der Waals surface area contributed by atoms with Crippen molar-refractivity contribution < 1.29 is 14.2 Å². The molecule has 1 aromatic carbocycles. The van der Waals surface area contributed by atoms with Crippen LogP contribution in [-0.4, -0.2) is 25.6 Å². The third-order valence-corrected chi connectivity index (χ3v) is 2.77. The molecule has 0 amide bonds. The SMILES string of the molecule is CC(C)C1OCC(OCc2ccccc2)CO1. The fourth-order valence-corrected chi connectivity index (χ4v) is 1.77. The zero-order valence-corrected chi connectivity index (χ0v) is 10.5. The van der Waals surface area contributed by atoms with Crippen LogP contribution in [0.1, 0.15) is 19.4 Å². The Bertz CT molecular complexity index is 315. The Kier molecular flexibility index (Phi) is 4.54. The van der Waals surface area contributed by atoms with Crippen molar-refractivity contribution in [2.45, 2.75) is 32.8 Å². The number of hydrogen-bond acceptors (Lipinski definition) is 3. The Hall–Kier alpha value is -0.900. The summed E-state index contributed by atoms with van der Waals surface area (Å²) in [5, 5.41) is 0. The Morgan fingerprint density at radius 3 is 2.41 bits per heavy atom. The summed E-state index contributed by atoms with van der Waals surface area (Å²) in [4.78, 5) is 0. The maximum absolute atomic E-state index is 5.75. The van der Waals surface area contributed by atoms with Crippen molar-refractivity contribution in [1.82, 2.24) is 0 Å². The molecule has 0 unspecified atom stereocenters. The topological polar surface area (TPSA) is 27.7 Å². The quantitative estimate of drug-likeness (QED) is 0.804. The van der Waals surface area contributed by atoms with Crippen LogP contribution in [0.15, 0.2) is 30.3 Å². The zero-order chi connectivity index (χ0) is 12.1. The van der Waals surface area contributed by atoms with E-state index in [4.69, 9.17) is 14.2 Å². The third-order valence-electron chi connectivity index (χ3n) is 2.77. The molecular formula is C14H20O3. The van der Waals surface area contributed by atoms with Crippen LogP contribution in [0, 0.1) is 5.92 Å². The van der Waals surface area contributed by atoms with Crippen LogP contribution in [-0.2, 0) is 20.8 Å². The van der Waals surface area contributed by atoms with Gasteiger partial charge in [0.2, 0.25) is 0 Å². The minimum atomic E-state index is -0.0772. The number of ether oxygens (including phenoxy) is 3. The van der Waals surface area contributed by atoms with E-state index in [9.17, 15) is 0 Å². The highest BCUT2D eigenvalue weighted by molar-refractivity contribution is 5.13.